The minimum absolute atomic E-state index is 0.797. The van der Waals surface area contributed by atoms with Crippen LogP contribution in [0.4, 0.5) is 0 Å². The van der Waals surface area contributed by atoms with Crippen LogP contribution in [-0.2, 0) is 4.79 Å². The normalized spacial score (nSPS) is 32.5. The minimum Gasteiger partial charge on any atom is -0.300 e. The molecule has 0 atom stereocenters. The largest absolute Gasteiger partial charge is 0.300 e. The Labute approximate surface area is 48.2 Å². The number of carbonyl (C=O) groups is 1. The third-order valence-corrected chi connectivity index (χ3v) is 0.352. The van der Waals surface area contributed by atoms with Crippen molar-refractivity contribution in [1.29, 1.82) is 0 Å². The third-order valence-electron chi connectivity index (χ3n) is 0.352. The summed E-state index contributed by atoms with van der Waals surface area (Å²) in [7, 11) is 0. The van der Waals surface area contributed by atoms with Gasteiger partial charge in [-0.05, 0) is 6.92 Å². The van der Waals surface area contributed by atoms with Gasteiger partial charge in [0, 0.05) is 15.5 Å². The lowest BCUT2D eigenvalue weighted by atomic mass is 10.1. The molecule has 0 aromatic carbocycles. The first-order valence-corrected chi connectivity index (χ1v) is 1.45. The highest BCUT2D eigenvalue weighted by molar-refractivity contribution is 5.77. The maximum atomic E-state index is 10.9. The molecular formula is C5H10O. The van der Waals surface area contributed by atoms with Crippen LogP contribution in [0.25, 0.3) is 0 Å². The Morgan fingerprint density at radius 1 is 2.00 bits per heavy atom. The summed E-state index contributed by atoms with van der Waals surface area (Å²) >= 11 is 0. The SMILES string of the molecule is [2H]C([2H])([2H])C([2H])(C(C)=O)C([2H])([2H])[2H]. The Kier molecular flexibility index (Phi) is 0.296. The molecule has 0 saturated heterocycles. The van der Waals surface area contributed by atoms with Crippen LogP contribution in [0.15, 0.2) is 0 Å². The van der Waals surface area contributed by atoms with Gasteiger partial charge < -0.3 is 0 Å². The molecule has 0 N–H and O–H groups in total. The summed E-state index contributed by atoms with van der Waals surface area (Å²) in [5.74, 6) is -4.19. The molecule has 1 nitrogen and oxygen atoms in total. The molecule has 0 unspecified atom stereocenters. The second-order valence-electron chi connectivity index (χ2n) is 0.931. The Morgan fingerprint density at radius 2 is 2.50 bits per heavy atom. The van der Waals surface area contributed by atoms with Gasteiger partial charge in [-0.25, -0.2) is 0 Å². The Hall–Kier alpha value is -0.330. The van der Waals surface area contributed by atoms with Crippen LogP contribution in [0.3, 0.4) is 0 Å². The highest BCUT2D eigenvalue weighted by Gasteiger charge is 1.94. The molecule has 0 radical (unpaired) electrons. The lowest BCUT2D eigenvalue weighted by molar-refractivity contribution is -0.119. The van der Waals surface area contributed by atoms with E-state index >= 15 is 0 Å². The fraction of sp³-hybridized carbons (Fsp3) is 0.800. The maximum Gasteiger partial charge on any atom is 0.132 e. The number of Topliss-reactive ketones (excluding diaryl/α,β-unsaturated/α-hetero) is 1. The zero-order chi connectivity index (χ0) is 11.1. The lowest BCUT2D eigenvalue weighted by Crippen LogP contribution is -1.98. The minimum atomic E-state index is -3.13. The molecule has 0 heterocycles. The highest BCUT2D eigenvalue weighted by atomic mass is 16.1. The zero-order valence-electron chi connectivity index (χ0n) is 10.4. The zero-order valence-corrected chi connectivity index (χ0v) is 3.41. The van der Waals surface area contributed by atoms with Crippen LogP contribution in [0.5, 0.6) is 0 Å². The van der Waals surface area contributed by atoms with Gasteiger partial charge in [0.05, 0.1) is 0 Å². The fourth-order valence-electron chi connectivity index (χ4n) is 0. The smallest absolute Gasteiger partial charge is 0.132 e. The van der Waals surface area contributed by atoms with Gasteiger partial charge in [0.15, 0.2) is 0 Å². The number of rotatable bonds is 1. The van der Waals surface area contributed by atoms with Crippen molar-refractivity contribution in [1.82, 2.24) is 0 Å². The van der Waals surface area contributed by atoms with Crippen molar-refractivity contribution < 1.29 is 14.4 Å². The van der Waals surface area contributed by atoms with Gasteiger partial charge in [-0.3, -0.25) is 4.79 Å². The lowest BCUT2D eigenvalue weighted by Gasteiger charge is -1.90. The van der Waals surface area contributed by atoms with E-state index in [9.17, 15) is 4.79 Å². The van der Waals surface area contributed by atoms with Gasteiger partial charge in [-0.15, -0.1) is 0 Å². The van der Waals surface area contributed by atoms with E-state index in [4.69, 9.17) is 9.60 Å². The summed E-state index contributed by atoms with van der Waals surface area (Å²) in [5, 5.41) is 0. The number of ketones is 1. The number of carbonyl (C=O) groups excluding carboxylic acids is 1. The Balaban J connectivity index is 5.35. The first kappa shape index (κ1) is 0.908. The van der Waals surface area contributed by atoms with E-state index in [0.717, 1.165) is 6.92 Å². The first-order chi connectivity index (χ1) is 5.44. The van der Waals surface area contributed by atoms with Crippen LogP contribution in [0.2, 0.25) is 0 Å². The van der Waals surface area contributed by atoms with E-state index in [0.29, 0.717) is 0 Å². The third kappa shape index (κ3) is 1.94. The molecule has 0 bridgehead atoms. The van der Waals surface area contributed by atoms with E-state index < -0.39 is 25.4 Å². The van der Waals surface area contributed by atoms with E-state index in [-0.39, 0.29) is 0 Å². The molecule has 0 amide bonds. The van der Waals surface area contributed by atoms with E-state index in [1.165, 1.54) is 0 Å². The summed E-state index contributed by atoms with van der Waals surface area (Å²) in [6.45, 7) is -5.47. The molecule has 0 aromatic heterocycles. The number of hydrogen-bond acceptors (Lipinski definition) is 1. The molecule has 0 rings (SSSR count). The number of hydrogen-bond donors (Lipinski definition) is 0. The van der Waals surface area contributed by atoms with Crippen molar-refractivity contribution >= 4 is 5.78 Å². The maximum absolute atomic E-state index is 10.9. The van der Waals surface area contributed by atoms with Gasteiger partial charge in [-0.1, -0.05) is 13.7 Å². The predicted molar refractivity (Wildman–Crippen MR) is 25.5 cm³/mol. The molecule has 0 saturated carbocycles. The van der Waals surface area contributed by atoms with Crippen LogP contribution >= 0.6 is 0 Å². The quantitative estimate of drug-likeness (QED) is 0.476. The average molecular weight is 93.2 g/mol. The van der Waals surface area contributed by atoms with Crippen molar-refractivity contribution in [2.45, 2.75) is 20.6 Å². The van der Waals surface area contributed by atoms with Crippen LogP contribution < -0.4 is 0 Å². The van der Waals surface area contributed by atoms with Crippen LogP contribution in [0.1, 0.15) is 30.2 Å². The molecule has 0 fully saturated rings. The van der Waals surface area contributed by atoms with E-state index in [1.54, 1.807) is 0 Å². The molecule has 0 aliphatic heterocycles. The molecule has 0 aromatic rings. The summed E-state index contributed by atoms with van der Waals surface area (Å²) < 4.78 is 48.2. The second kappa shape index (κ2) is 1.96. The van der Waals surface area contributed by atoms with Gasteiger partial charge in [0.25, 0.3) is 0 Å². The van der Waals surface area contributed by atoms with Crippen LogP contribution in [0, 0.1) is 5.89 Å². The highest BCUT2D eigenvalue weighted by Crippen LogP contribution is 1.89. The standard InChI is InChI=1S/C5H10O/c1-4(2)5(3)6/h4H,1-3H3/i1D3,2D3,4D. The van der Waals surface area contributed by atoms with Gasteiger partial charge in [-0.2, -0.15) is 0 Å². The summed E-state index contributed by atoms with van der Waals surface area (Å²) in [5.41, 5.74) is 0. The van der Waals surface area contributed by atoms with E-state index in [1.807, 2.05) is 0 Å². The fourth-order valence-corrected chi connectivity index (χ4v) is 0. The van der Waals surface area contributed by atoms with Gasteiger partial charge in [0.1, 0.15) is 5.78 Å². The van der Waals surface area contributed by atoms with Crippen LogP contribution in [-0.4, -0.2) is 5.78 Å². The van der Waals surface area contributed by atoms with E-state index in [2.05, 4.69) is 0 Å². The predicted octanol–water partition coefficient (Wildman–Crippen LogP) is 1.23. The summed E-state index contributed by atoms with van der Waals surface area (Å²) in [6, 6.07) is 0. The molecular weight excluding hydrogens is 76.1 g/mol. The first-order valence-electron chi connectivity index (χ1n) is 4.95. The van der Waals surface area contributed by atoms with Crippen molar-refractivity contribution in [3.63, 3.8) is 0 Å². The second-order valence-corrected chi connectivity index (χ2v) is 0.931. The monoisotopic (exact) mass is 93.1 g/mol. The Bertz CT molecular complexity index is 198. The summed E-state index contributed by atoms with van der Waals surface area (Å²) in [6.07, 6.45) is 0. The molecule has 1 heteroatoms. The van der Waals surface area contributed by atoms with Crippen molar-refractivity contribution in [3.8, 4) is 0 Å². The average Bonchev–Trinajstić information content (AvgIpc) is 1.80. The Morgan fingerprint density at radius 3 is 2.50 bits per heavy atom. The molecule has 0 spiro atoms. The molecule has 0 aliphatic carbocycles. The summed E-state index contributed by atoms with van der Waals surface area (Å²) in [4.78, 5) is 10.9. The topological polar surface area (TPSA) is 17.1 Å². The van der Waals surface area contributed by atoms with Gasteiger partial charge >= 0.3 is 0 Å². The van der Waals surface area contributed by atoms with Crippen molar-refractivity contribution in [2.75, 3.05) is 0 Å². The van der Waals surface area contributed by atoms with Crippen molar-refractivity contribution in [3.05, 3.63) is 0 Å². The molecule has 6 heavy (non-hydrogen) atoms. The van der Waals surface area contributed by atoms with Crippen molar-refractivity contribution in [2.24, 2.45) is 5.89 Å². The molecule has 0 aliphatic rings. The molecule has 36 valence electrons. The van der Waals surface area contributed by atoms with Gasteiger partial charge in [0.2, 0.25) is 0 Å².